The van der Waals surface area contributed by atoms with Gasteiger partial charge in [0.25, 0.3) is 0 Å². The third kappa shape index (κ3) is 3.81. The van der Waals surface area contributed by atoms with Gasteiger partial charge in [0.1, 0.15) is 5.75 Å². The molecule has 2 aromatic rings. The van der Waals surface area contributed by atoms with Crippen molar-refractivity contribution in [1.29, 1.82) is 0 Å². The minimum absolute atomic E-state index is 0.205. The summed E-state index contributed by atoms with van der Waals surface area (Å²) in [6.07, 6.45) is 3.77. The summed E-state index contributed by atoms with van der Waals surface area (Å²) in [5.41, 5.74) is 2.18. The molecular formula is C15H22N4O. The predicted molar refractivity (Wildman–Crippen MR) is 78.7 cm³/mol. The molecule has 2 rings (SSSR count). The number of aromatic nitrogens is 3. The number of nitrogens with zero attached hydrogens (tertiary/aromatic N) is 3. The summed E-state index contributed by atoms with van der Waals surface area (Å²) >= 11 is 0. The summed E-state index contributed by atoms with van der Waals surface area (Å²) < 4.78 is 7.41. The van der Waals surface area contributed by atoms with E-state index in [4.69, 9.17) is 4.74 Å². The number of hydrogen-bond acceptors (Lipinski definition) is 4. The van der Waals surface area contributed by atoms with E-state index in [9.17, 15) is 0 Å². The van der Waals surface area contributed by atoms with Crippen LogP contribution in [0.15, 0.2) is 30.5 Å². The van der Waals surface area contributed by atoms with Crippen LogP contribution in [0.5, 0.6) is 5.75 Å². The molecule has 20 heavy (non-hydrogen) atoms. The van der Waals surface area contributed by atoms with E-state index in [2.05, 4.69) is 34.7 Å². The van der Waals surface area contributed by atoms with Gasteiger partial charge < -0.3 is 10.1 Å². The Hall–Kier alpha value is -1.88. The highest BCUT2D eigenvalue weighted by Crippen LogP contribution is 2.21. The average molecular weight is 274 g/mol. The van der Waals surface area contributed by atoms with Crippen LogP contribution in [-0.4, -0.2) is 28.6 Å². The highest BCUT2D eigenvalue weighted by Gasteiger charge is 2.13. The van der Waals surface area contributed by atoms with Crippen LogP contribution in [0.3, 0.4) is 0 Å². The van der Waals surface area contributed by atoms with Crippen molar-refractivity contribution in [1.82, 2.24) is 20.3 Å². The molecule has 0 spiro atoms. The standard InChI is InChI=1S/C15H22N4O/c1-4-8-20-14-7-5-6-12(9-14)15(16-2)10-13-11-19(3)18-17-13/h5-7,9,11,15-16H,4,8,10H2,1-3H3. The molecule has 0 aliphatic heterocycles. The summed E-state index contributed by atoms with van der Waals surface area (Å²) in [4.78, 5) is 0. The zero-order valence-electron chi connectivity index (χ0n) is 12.3. The Bertz CT molecular complexity index is 538. The number of likely N-dealkylation sites (N-methyl/N-ethyl adjacent to an activating group) is 1. The van der Waals surface area contributed by atoms with Gasteiger partial charge in [0.2, 0.25) is 0 Å². The highest BCUT2D eigenvalue weighted by atomic mass is 16.5. The number of hydrogen-bond donors (Lipinski definition) is 1. The predicted octanol–water partition coefficient (Wildman–Crippen LogP) is 2.11. The van der Waals surface area contributed by atoms with Crippen molar-refractivity contribution >= 4 is 0 Å². The van der Waals surface area contributed by atoms with Crippen LogP contribution in [0, 0.1) is 0 Å². The van der Waals surface area contributed by atoms with Crippen molar-refractivity contribution in [2.45, 2.75) is 25.8 Å². The molecule has 0 amide bonds. The third-order valence-electron chi connectivity index (χ3n) is 3.15. The fraction of sp³-hybridized carbons (Fsp3) is 0.467. The van der Waals surface area contributed by atoms with Crippen molar-refractivity contribution in [3.63, 3.8) is 0 Å². The Balaban J connectivity index is 2.10. The minimum Gasteiger partial charge on any atom is -0.494 e. The topological polar surface area (TPSA) is 52.0 Å². The smallest absolute Gasteiger partial charge is 0.119 e. The Morgan fingerprint density at radius 2 is 2.25 bits per heavy atom. The number of aryl methyl sites for hydroxylation is 1. The first-order chi connectivity index (χ1) is 9.72. The molecule has 0 saturated heterocycles. The second kappa shape index (κ2) is 7.05. The van der Waals surface area contributed by atoms with Gasteiger partial charge in [-0.2, -0.15) is 0 Å². The first-order valence-electron chi connectivity index (χ1n) is 6.98. The fourth-order valence-corrected chi connectivity index (χ4v) is 2.13. The molecule has 0 fully saturated rings. The van der Waals surface area contributed by atoms with Gasteiger partial charge in [-0.05, 0) is 31.2 Å². The van der Waals surface area contributed by atoms with Crippen LogP contribution in [0.25, 0.3) is 0 Å². The zero-order valence-corrected chi connectivity index (χ0v) is 12.3. The number of nitrogens with one attached hydrogen (secondary N) is 1. The zero-order chi connectivity index (χ0) is 14.4. The molecule has 5 nitrogen and oxygen atoms in total. The molecule has 5 heteroatoms. The van der Waals surface area contributed by atoms with Gasteiger partial charge in [-0.3, -0.25) is 4.68 Å². The molecule has 0 saturated carbocycles. The Labute approximate surface area is 120 Å². The van der Waals surface area contributed by atoms with Crippen molar-refractivity contribution in [2.75, 3.05) is 13.7 Å². The molecule has 1 atom stereocenters. The van der Waals surface area contributed by atoms with E-state index in [1.165, 1.54) is 5.56 Å². The van der Waals surface area contributed by atoms with Gasteiger partial charge >= 0.3 is 0 Å². The lowest BCUT2D eigenvalue weighted by atomic mass is 10.0. The highest BCUT2D eigenvalue weighted by molar-refractivity contribution is 5.31. The van der Waals surface area contributed by atoms with Crippen molar-refractivity contribution in [2.24, 2.45) is 7.05 Å². The Kier molecular flexibility index (Phi) is 5.12. The quantitative estimate of drug-likeness (QED) is 0.840. The molecule has 108 valence electrons. The Morgan fingerprint density at radius 1 is 1.40 bits per heavy atom. The molecule has 0 aliphatic carbocycles. The SMILES string of the molecule is CCCOc1cccc(C(Cc2cn(C)nn2)NC)c1. The van der Waals surface area contributed by atoms with Crippen LogP contribution in [0.4, 0.5) is 0 Å². The molecule has 1 unspecified atom stereocenters. The first kappa shape index (κ1) is 14.5. The van der Waals surface area contributed by atoms with E-state index in [-0.39, 0.29) is 6.04 Å². The maximum atomic E-state index is 5.68. The van der Waals surface area contributed by atoms with Crippen molar-refractivity contribution in [3.05, 3.63) is 41.7 Å². The summed E-state index contributed by atoms with van der Waals surface area (Å²) in [6.45, 7) is 2.85. The molecule has 0 radical (unpaired) electrons. The van der Waals surface area contributed by atoms with Crippen LogP contribution in [0.1, 0.15) is 30.6 Å². The molecule has 1 heterocycles. The van der Waals surface area contributed by atoms with Crippen LogP contribution in [-0.2, 0) is 13.5 Å². The summed E-state index contributed by atoms with van der Waals surface area (Å²) in [5, 5.41) is 11.4. The van der Waals surface area contributed by atoms with Gasteiger partial charge in [0.15, 0.2) is 0 Å². The average Bonchev–Trinajstić information content (AvgIpc) is 2.88. The summed E-state index contributed by atoms with van der Waals surface area (Å²) in [7, 11) is 3.84. The third-order valence-corrected chi connectivity index (χ3v) is 3.15. The molecule has 0 bridgehead atoms. The number of ether oxygens (including phenoxy) is 1. The lowest BCUT2D eigenvalue weighted by Gasteiger charge is -2.16. The molecule has 1 aromatic carbocycles. The number of rotatable bonds is 7. The van der Waals surface area contributed by atoms with Gasteiger partial charge in [-0.15, -0.1) is 5.10 Å². The van der Waals surface area contributed by atoms with Crippen molar-refractivity contribution in [3.8, 4) is 5.75 Å². The monoisotopic (exact) mass is 274 g/mol. The Morgan fingerprint density at radius 3 is 2.90 bits per heavy atom. The van der Waals surface area contributed by atoms with Crippen molar-refractivity contribution < 1.29 is 4.74 Å². The largest absolute Gasteiger partial charge is 0.494 e. The van der Waals surface area contributed by atoms with Gasteiger partial charge in [0, 0.05) is 25.7 Å². The van der Waals surface area contributed by atoms with E-state index < -0.39 is 0 Å². The fourth-order valence-electron chi connectivity index (χ4n) is 2.13. The molecule has 0 aliphatic rings. The van der Waals surface area contributed by atoms with E-state index >= 15 is 0 Å². The molecule has 1 aromatic heterocycles. The van der Waals surface area contributed by atoms with Crippen LogP contribution >= 0.6 is 0 Å². The minimum atomic E-state index is 0.205. The van der Waals surface area contributed by atoms with Crippen LogP contribution in [0.2, 0.25) is 0 Å². The van der Waals surface area contributed by atoms with Gasteiger partial charge in [-0.1, -0.05) is 24.3 Å². The van der Waals surface area contributed by atoms with E-state index in [0.29, 0.717) is 0 Å². The maximum absolute atomic E-state index is 5.68. The van der Waals surface area contributed by atoms with E-state index in [1.807, 2.05) is 32.4 Å². The molecular weight excluding hydrogens is 252 g/mol. The van der Waals surface area contributed by atoms with E-state index in [0.717, 1.165) is 30.9 Å². The second-order valence-corrected chi connectivity index (χ2v) is 4.85. The van der Waals surface area contributed by atoms with Gasteiger partial charge in [0.05, 0.1) is 12.3 Å². The molecule has 1 N–H and O–H groups in total. The first-order valence-corrected chi connectivity index (χ1v) is 6.98. The normalized spacial score (nSPS) is 12.3. The second-order valence-electron chi connectivity index (χ2n) is 4.85. The van der Waals surface area contributed by atoms with Gasteiger partial charge in [-0.25, -0.2) is 0 Å². The lowest BCUT2D eigenvalue weighted by Crippen LogP contribution is -2.19. The summed E-state index contributed by atoms with van der Waals surface area (Å²) in [5.74, 6) is 0.920. The van der Waals surface area contributed by atoms with Crippen LogP contribution < -0.4 is 10.1 Å². The van der Waals surface area contributed by atoms with E-state index in [1.54, 1.807) is 4.68 Å². The maximum Gasteiger partial charge on any atom is 0.119 e. The lowest BCUT2D eigenvalue weighted by molar-refractivity contribution is 0.316. The number of benzene rings is 1. The summed E-state index contributed by atoms with van der Waals surface area (Å²) in [6, 6.07) is 8.43.